The molecule has 6 heteroatoms. The fourth-order valence-electron chi connectivity index (χ4n) is 2.13. The van der Waals surface area contributed by atoms with Gasteiger partial charge in [0.15, 0.2) is 0 Å². The highest BCUT2D eigenvalue weighted by atomic mass is 16.5. The summed E-state index contributed by atoms with van der Waals surface area (Å²) in [7, 11) is 0. The first-order valence-corrected chi connectivity index (χ1v) is 7.63. The molecular formula is C17H26N2O4. The molecule has 1 atom stereocenters. The number of rotatable bonds is 7. The summed E-state index contributed by atoms with van der Waals surface area (Å²) in [6, 6.07) is 9.37. The van der Waals surface area contributed by atoms with Crippen LogP contribution in [0.5, 0.6) is 0 Å². The van der Waals surface area contributed by atoms with Crippen molar-refractivity contribution in [3.8, 4) is 0 Å². The molecule has 0 aliphatic heterocycles. The number of benzene rings is 1. The van der Waals surface area contributed by atoms with Crippen LogP contribution in [0.2, 0.25) is 0 Å². The molecule has 4 N–H and O–H groups in total. The van der Waals surface area contributed by atoms with Crippen molar-refractivity contribution in [2.75, 3.05) is 6.54 Å². The Morgan fingerprint density at radius 2 is 1.83 bits per heavy atom. The topological polar surface area (TPSA) is 102 Å². The van der Waals surface area contributed by atoms with E-state index >= 15 is 0 Å². The van der Waals surface area contributed by atoms with E-state index in [4.69, 9.17) is 10.5 Å². The van der Waals surface area contributed by atoms with Gasteiger partial charge in [-0.15, -0.1) is 0 Å². The molecule has 0 aliphatic carbocycles. The smallest absolute Gasteiger partial charge is 0.407 e. The normalized spacial score (nSPS) is 13.9. The van der Waals surface area contributed by atoms with Crippen molar-refractivity contribution >= 4 is 12.1 Å². The van der Waals surface area contributed by atoms with Crippen LogP contribution in [0, 0.1) is 5.41 Å². The lowest BCUT2D eigenvalue weighted by Crippen LogP contribution is -2.58. The second kappa shape index (κ2) is 7.97. The lowest BCUT2D eigenvalue weighted by atomic mass is 9.71. The summed E-state index contributed by atoms with van der Waals surface area (Å²) < 4.78 is 5.08. The summed E-state index contributed by atoms with van der Waals surface area (Å²) >= 11 is 0. The number of carbonyl (C=O) groups excluding carboxylic acids is 1. The molecule has 1 amide bonds. The molecule has 1 aromatic rings. The standard InChI is InChI=1S/C17H26N2O4/c1-16(2,3)17(18,14(20)21)10-7-11-19-15(22)23-12-13-8-5-4-6-9-13/h4-6,8-9H,7,10-12,18H2,1-3H3,(H,19,22)(H,20,21)/t17-/m1/s1. The first kappa shape index (κ1) is 19.0. The minimum Gasteiger partial charge on any atom is -0.480 e. The molecule has 0 saturated carbocycles. The minimum atomic E-state index is -1.33. The van der Waals surface area contributed by atoms with Crippen molar-refractivity contribution in [2.45, 2.75) is 45.8 Å². The highest BCUT2D eigenvalue weighted by Gasteiger charge is 2.44. The van der Waals surface area contributed by atoms with Crippen LogP contribution in [0.15, 0.2) is 30.3 Å². The molecule has 0 heterocycles. The summed E-state index contributed by atoms with van der Waals surface area (Å²) in [4.78, 5) is 23.0. The fourth-order valence-corrected chi connectivity index (χ4v) is 2.13. The molecule has 0 fully saturated rings. The predicted octanol–water partition coefficient (Wildman–Crippen LogP) is 2.52. The molecule has 0 aliphatic rings. The number of carboxylic acid groups (broad SMARTS) is 1. The van der Waals surface area contributed by atoms with E-state index in [2.05, 4.69) is 5.32 Å². The lowest BCUT2D eigenvalue weighted by molar-refractivity contribution is -0.148. The van der Waals surface area contributed by atoms with Crippen LogP contribution >= 0.6 is 0 Å². The summed E-state index contributed by atoms with van der Waals surface area (Å²) in [5.41, 5.74) is 5.02. The number of carbonyl (C=O) groups is 2. The summed E-state index contributed by atoms with van der Waals surface area (Å²) in [6.07, 6.45) is 0.202. The van der Waals surface area contributed by atoms with Gasteiger partial charge in [0.25, 0.3) is 0 Å². The maximum absolute atomic E-state index is 11.6. The monoisotopic (exact) mass is 322 g/mol. The number of aliphatic carboxylic acids is 1. The van der Waals surface area contributed by atoms with Crippen LogP contribution in [0.3, 0.4) is 0 Å². The van der Waals surface area contributed by atoms with E-state index in [9.17, 15) is 14.7 Å². The van der Waals surface area contributed by atoms with Gasteiger partial charge >= 0.3 is 12.1 Å². The third kappa shape index (κ3) is 5.56. The molecule has 0 saturated heterocycles. The van der Waals surface area contributed by atoms with Crippen molar-refractivity contribution in [1.82, 2.24) is 5.32 Å². The Morgan fingerprint density at radius 3 is 2.35 bits per heavy atom. The van der Waals surface area contributed by atoms with E-state index in [-0.39, 0.29) is 13.0 Å². The Balaban J connectivity index is 2.33. The fraction of sp³-hybridized carbons (Fsp3) is 0.529. The molecule has 1 rings (SSSR count). The molecule has 0 unspecified atom stereocenters. The number of amides is 1. The van der Waals surface area contributed by atoms with E-state index in [0.717, 1.165) is 5.56 Å². The van der Waals surface area contributed by atoms with E-state index in [1.54, 1.807) is 20.8 Å². The Hall–Kier alpha value is -2.08. The molecule has 0 radical (unpaired) electrons. The zero-order valence-corrected chi connectivity index (χ0v) is 14.0. The zero-order chi connectivity index (χ0) is 17.5. The molecule has 0 bridgehead atoms. The summed E-state index contributed by atoms with van der Waals surface area (Å²) in [5, 5.41) is 12.0. The average Bonchev–Trinajstić information content (AvgIpc) is 2.49. The number of carboxylic acids is 1. The molecule has 0 aromatic heterocycles. The highest BCUT2D eigenvalue weighted by molar-refractivity contribution is 5.79. The predicted molar refractivity (Wildman–Crippen MR) is 87.9 cm³/mol. The molecule has 128 valence electrons. The number of ether oxygens (including phenoxy) is 1. The Bertz CT molecular complexity index is 525. The van der Waals surface area contributed by atoms with E-state index in [1.165, 1.54) is 0 Å². The third-order valence-corrected chi connectivity index (χ3v) is 3.95. The van der Waals surface area contributed by atoms with E-state index in [0.29, 0.717) is 13.0 Å². The number of hydrogen-bond donors (Lipinski definition) is 3. The first-order chi connectivity index (χ1) is 10.7. The van der Waals surface area contributed by atoms with Gasteiger partial charge in [0.05, 0.1) is 0 Å². The van der Waals surface area contributed by atoms with Crippen LogP contribution in [0.4, 0.5) is 4.79 Å². The van der Waals surface area contributed by atoms with Gasteiger partial charge in [-0.2, -0.15) is 0 Å². The van der Waals surface area contributed by atoms with Crippen molar-refractivity contribution in [3.63, 3.8) is 0 Å². The minimum absolute atomic E-state index is 0.199. The maximum atomic E-state index is 11.6. The molecule has 6 nitrogen and oxygen atoms in total. The maximum Gasteiger partial charge on any atom is 0.407 e. The summed E-state index contributed by atoms with van der Waals surface area (Å²) in [6.45, 7) is 5.90. The van der Waals surface area contributed by atoms with Gasteiger partial charge in [-0.25, -0.2) is 4.79 Å². The van der Waals surface area contributed by atoms with Gasteiger partial charge < -0.3 is 20.9 Å². The number of nitrogens with one attached hydrogen (secondary N) is 1. The largest absolute Gasteiger partial charge is 0.480 e. The van der Waals surface area contributed by atoms with Gasteiger partial charge in [-0.05, 0) is 23.8 Å². The second-order valence-corrected chi connectivity index (χ2v) is 6.62. The summed E-state index contributed by atoms with van der Waals surface area (Å²) in [5.74, 6) is -1.03. The number of alkyl carbamates (subject to hydrolysis) is 1. The molecule has 23 heavy (non-hydrogen) atoms. The third-order valence-electron chi connectivity index (χ3n) is 3.95. The second-order valence-electron chi connectivity index (χ2n) is 6.62. The van der Waals surface area contributed by atoms with Gasteiger partial charge in [0, 0.05) is 6.54 Å². The van der Waals surface area contributed by atoms with Crippen molar-refractivity contribution in [1.29, 1.82) is 0 Å². The average molecular weight is 322 g/mol. The SMILES string of the molecule is CC(C)(C)[C@@](N)(CCCNC(=O)OCc1ccccc1)C(=O)O. The van der Waals surface area contributed by atoms with Crippen molar-refractivity contribution in [2.24, 2.45) is 11.1 Å². The molecule has 0 spiro atoms. The van der Waals surface area contributed by atoms with Gasteiger partial charge in [0.1, 0.15) is 12.1 Å². The Kier molecular flexibility index (Phi) is 6.57. The highest BCUT2D eigenvalue weighted by Crippen LogP contribution is 2.32. The molecule has 1 aromatic carbocycles. The molecular weight excluding hydrogens is 296 g/mol. The Morgan fingerprint density at radius 1 is 1.22 bits per heavy atom. The van der Waals surface area contributed by atoms with Crippen LogP contribution in [-0.2, 0) is 16.1 Å². The van der Waals surface area contributed by atoms with Crippen LogP contribution in [-0.4, -0.2) is 29.3 Å². The first-order valence-electron chi connectivity index (χ1n) is 7.63. The van der Waals surface area contributed by atoms with Gasteiger partial charge in [0.2, 0.25) is 0 Å². The van der Waals surface area contributed by atoms with Crippen LogP contribution in [0.1, 0.15) is 39.2 Å². The van der Waals surface area contributed by atoms with Crippen LogP contribution in [0.25, 0.3) is 0 Å². The lowest BCUT2D eigenvalue weighted by Gasteiger charge is -2.37. The van der Waals surface area contributed by atoms with E-state index < -0.39 is 23.0 Å². The van der Waals surface area contributed by atoms with Crippen molar-refractivity contribution < 1.29 is 19.4 Å². The Labute approximate surface area is 137 Å². The number of hydrogen-bond acceptors (Lipinski definition) is 4. The number of nitrogens with two attached hydrogens (primary N) is 1. The van der Waals surface area contributed by atoms with Gasteiger partial charge in [-0.1, -0.05) is 51.1 Å². The zero-order valence-electron chi connectivity index (χ0n) is 14.0. The van der Waals surface area contributed by atoms with Crippen LogP contribution < -0.4 is 11.1 Å². The van der Waals surface area contributed by atoms with Crippen molar-refractivity contribution in [3.05, 3.63) is 35.9 Å². The quantitative estimate of drug-likeness (QED) is 0.670. The van der Waals surface area contributed by atoms with Gasteiger partial charge in [-0.3, -0.25) is 4.79 Å². The van der Waals surface area contributed by atoms with E-state index in [1.807, 2.05) is 30.3 Å².